The summed E-state index contributed by atoms with van der Waals surface area (Å²) in [6.07, 6.45) is 2.83. The van der Waals surface area contributed by atoms with Crippen molar-refractivity contribution in [1.29, 1.82) is 0 Å². The Labute approximate surface area is 213 Å². The first-order valence-electron chi connectivity index (χ1n) is 12.6. The molecule has 1 aliphatic rings. The number of nitrogens with one attached hydrogen (secondary N) is 3. The Morgan fingerprint density at radius 3 is 2.58 bits per heavy atom. The van der Waals surface area contributed by atoms with Crippen molar-refractivity contribution in [2.45, 2.75) is 58.2 Å². The Kier molecular flexibility index (Phi) is 8.02. The summed E-state index contributed by atoms with van der Waals surface area (Å²) in [6.45, 7) is 6.75. The molecule has 4 N–H and O–H groups in total. The zero-order chi connectivity index (χ0) is 25.9. The monoisotopic (exact) mass is 512 g/mol. The molecule has 0 unspecified atom stereocenters. The van der Waals surface area contributed by atoms with Crippen LogP contribution in [0.1, 0.15) is 48.7 Å². The molecule has 36 heavy (non-hydrogen) atoms. The number of aryl methyl sites for hydroxylation is 1. The molecule has 1 amide bonds. The normalized spacial score (nSPS) is 17.0. The van der Waals surface area contributed by atoms with Crippen molar-refractivity contribution in [3.63, 3.8) is 0 Å². The van der Waals surface area contributed by atoms with E-state index >= 15 is 0 Å². The Balaban J connectivity index is 1.68. The average molecular weight is 513 g/mol. The van der Waals surface area contributed by atoms with E-state index in [4.69, 9.17) is 0 Å². The fourth-order valence-electron chi connectivity index (χ4n) is 4.70. The van der Waals surface area contributed by atoms with Gasteiger partial charge in [0.2, 0.25) is 10.0 Å². The number of carbonyl (C=O) groups is 1. The van der Waals surface area contributed by atoms with Gasteiger partial charge in [-0.05, 0) is 42.5 Å². The smallest absolute Gasteiger partial charge is 0.251 e. The number of hydrogen-bond donors (Lipinski definition) is 4. The van der Waals surface area contributed by atoms with E-state index in [1.165, 1.54) is 4.31 Å². The molecule has 0 spiro atoms. The van der Waals surface area contributed by atoms with Gasteiger partial charge in [-0.1, -0.05) is 51.1 Å². The van der Waals surface area contributed by atoms with Gasteiger partial charge in [-0.2, -0.15) is 0 Å². The van der Waals surface area contributed by atoms with E-state index in [0.717, 1.165) is 28.5 Å². The molecule has 4 rings (SSSR count). The lowest BCUT2D eigenvalue weighted by atomic mass is 9.99. The van der Waals surface area contributed by atoms with Gasteiger partial charge in [-0.15, -0.1) is 0 Å². The van der Waals surface area contributed by atoms with E-state index in [1.54, 1.807) is 6.07 Å². The van der Waals surface area contributed by atoms with Crippen molar-refractivity contribution in [1.82, 2.24) is 15.6 Å². The maximum Gasteiger partial charge on any atom is 0.251 e. The summed E-state index contributed by atoms with van der Waals surface area (Å²) in [6, 6.07) is 12.9. The number of nitrogens with zero attached hydrogens (tertiary/aromatic N) is 1. The van der Waals surface area contributed by atoms with Crippen molar-refractivity contribution >= 4 is 32.5 Å². The molecular weight excluding hydrogens is 476 g/mol. The first-order chi connectivity index (χ1) is 17.2. The number of aromatic amines is 1. The van der Waals surface area contributed by atoms with E-state index in [1.807, 2.05) is 63.4 Å². The summed E-state index contributed by atoms with van der Waals surface area (Å²) in [7, 11) is -3.43. The largest absolute Gasteiger partial charge is 0.390 e. The molecule has 1 saturated heterocycles. The number of benzene rings is 2. The molecule has 2 aromatic carbocycles. The number of aliphatic hydroxyl groups excluding tert-OH is 1. The number of sulfonamides is 1. The van der Waals surface area contributed by atoms with Crippen LogP contribution in [0, 0.1) is 0 Å². The van der Waals surface area contributed by atoms with E-state index in [2.05, 4.69) is 15.6 Å². The van der Waals surface area contributed by atoms with Gasteiger partial charge in [0, 0.05) is 36.3 Å². The summed E-state index contributed by atoms with van der Waals surface area (Å²) in [5, 5.41) is 18.1. The number of aromatic nitrogens is 1. The van der Waals surface area contributed by atoms with Gasteiger partial charge < -0.3 is 20.7 Å². The standard InChI is InChI=1S/C27H36N4O4S/c1-4-20-16-29-26-22(20)14-21(15-24(26)31-11-8-12-36(31,34)35)27(33)30-23(25(32)17-28-18(2)3)13-19-9-6-5-7-10-19/h5-7,9-10,14-16,18,23,25,28-29,32H,4,8,11-13,17H2,1-3H3,(H,30,33)/t23-,25+/m0/s1. The fraction of sp³-hybridized carbons (Fsp3) is 0.444. The number of fused-ring (bicyclic) bond motifs is 1. The van der Waals surface area contributed by atoms with E-state index in [9.17, 15) is 18.3 Å². The van der Waals surface area contributed by atoms with Crippen LogP contribution in [0.2, 0.25) is 0 Å². The second kappa shape index (κ2) is 11.0. The zero-order valence-corrected chi connectivity index (χ0v) is 21.9. The maximum atomic E-state index is 13.6. The highest BCUT2D eigenvalue weighted by atomic mass is 32.2. The van der Waals surface area contributed by atoms with Crippen molar-refractivity contribution in [2.75, 3.05) is 23.1 Å². The van der Waals surface area contributed by atoms with Crippen molar-refractivity contribution in [3.05, 3.63) is 65.4 Å². The van der Waals surface area contributed by atoms with Crippen LogP contribution in [-0.4, -0.2) is 61.4 Å². The van der Waals surface area contributed by atoms with Crippen molar-refractivity contribution in [3.8, 4) is 0 Å². The molecule has 0 radical (unpaired) electrons. The van der Waals surface area contributed by atoms with E-state index < -0.39 is 22.2 Å². The molecule has 9 heteroatoms. The molecule has 0 saturated carbocycles. The number of hydrogen-bond acceptors (Lipinski definition) is 5. The molecule has 2 heterocycles. The predicted molar refractivity (Wildman–Crippen MR) is 144 cm³/mol. The average Bonchev–Trinajstić information content (AvgIpc) is 3.44. The number of H-pyrrole nitrogens is 1. The molecule has 0 aliphatic carbocycles. The lowest BCUT2D eigenvalue weighted by Crippen LogP contribution is -2.49. The number of anilines is 1. The quantitative estimate of drug-likeness (QED) is 0.334. The summed E-state index contributed by atoms with van der Waals surface area (Å²) in [5.41, 5.74) is 3.60. The highest BCUT2D eigenvalue weighted by Crippen LogP contribution is 2.34. The maximum absolute atomic E-state index is 13.6. The van der Waals surface area contributed by atoms with Crippen LogP contribution in [0.15, 0.2) is 48.7 Å². The zero-order valence-electron chi connectivity index (χ0n) is 21.1. The molecule has 3 aromatic rings. The minimum atomic E-state index is -3.43. The van der Waals surface area contributed by atoms with Gasteiger partial charge in [0.15, 0.2) is 0 Å². The molecule has 194 valence electrons. The second-order valence-electron chi connectivity index (χ2n) is 9.73. The first-order valence-corrected chi connectivity index (χ1v) is 14.2. The lowest BCUT2D eigenvalue weighted by molar-refractivity contribution is 0.0827. The lowest BCUT2D eigenvalue weighted by Gasteiger charge is -2.26. The SMILES string of the molecule is CCc1c[nH]c2c(N3CCCS3(=O)=O)cc(C(=O)N[C@@H](Cc3ccccc3)[C@H](O)CNC(C)C)cc12. The molecule has 1 aromatic heterocycles. The minimum Gasteiger partial charge on any atom is -0.390 e. The number of carbonyl (C=O) groups excluding carboxylic acids is 1. The van der Waals surface area contributed by atoms with Gasteiger partial charge in [0.05, 0.1) is 29.1 Å². The summed E-state index contributed by atoms with van der Waals surface area (Å²) >= 11 is 0. The van der Waals surface area contributed by atoms with Gasteiger partial charge in [-0.3, -0.25) is 9.10 Å². The second-order valence-corrected chi connectivity index (χ2v) is 11.7. The molecule has 2 atom stereocenters. The molecule has 1 aliphatic heterocycles. The van der Waals surface area contributed by atoms with Crippen LogP contribution in [0.3, 0.4) is 0 Å². The Bertz CT molecular complexity index is 1300. The predicted octanol–water partition coefficient (Wildman–Crippen LogP) is 2.97. The molecular formula is C27H36N4O4S. The van der Waals surface area contributed by atoms with Crippen LogP contribution in [-0.2, 0) is 22.9 Å². The highest BCUT2D eigenvalue weighted by molar-refractivity contribution is 7.93. The van der Waals surface area contributed by atoms with Gasteiger partial charge in [0.25, 0.3) is 5.91 Å². The van der Waals surface area contributed by atoms with Crippen LogP contribution in [0.5, 0.6) is 0 Å². The van der Waals surface area contributed by atoms with Crippen molar-refractivity contribution < 1.29 is 18.3 Å². The number of aliphatic hydroxyl groups is 1. The van der Waals surface area contributed by atoms with Crippen LogP contribution < -0.4 is 14.9 Å². The van der Waals surface area contributed by atoms with Crippen LogP contribution in [0.25, 0.3) is 10.9 Å². The van der Waals surface area contributed by atoms with E-state index in [0.29, 0.717) is 37.2 Å². The summed E-state index contributed by atoms with van der Waals surface area (Å²) in [4.78, 5) is 16.8. The Morgan fingerprint density at radius 2 is 1.94 bits per heavy atom. The molecule has 8 nitrogen and oxygen atoms in total. The topological polar surface area (TPSA) is 115 Å². The minimum absolute atomic E-state index is 0.0977. The summed E-state index contributed by atoms with van der Waals surface area (Å²) in [5.74, 6) is -0.247. The molecule has 1 fully saturated rings. The number of rotatable bonds is 10. The highest BCUT2D eigenvalue weighted by Gasteiger charge is 2.31. The van der Waals surface area contributed by atoms with Gasteiger partial charge in [-0.25, -0.2) is 8.42 Å². The third-order valence-electron chi connectivity index (χ3n) is 6.68. The van der Waals surface area contributed by atoms with Crippen molar-refractivity contribution in [2.24, 2.45) is 0 Å². The Hall–Kier alpha value is -2.88. The summed E-state index contributed by atoms with van der Waals surface area (Å²) < 4.78 is 26.9. The third kappa shape index (κ3) is 5.74. The van der Waals surface area contributed by atoms with Crippen LogP contribution in [0.4, 0.5) is 5.69 Å². The van der Waals surface area contributed by atoms with E-state index in [-0.39, 0.29) is 17.7 Å². The third-order valence-corrected chi connectivity index (χ3v) is 8.54. The van der Waals surface area contributed by atoms with Gasteiger partial charge >= 0.3 is 0 Å². The molecule has 0 bridgehead atoms. The first kappa shape index (κ1) is 26.2. The number of amides is 1. The fourth-order valence-corrected chi connectivity index (χ4v) is 6.27. The van der Waals surface area contributed by atoms with Crippen LogP contribution >= 0.6 is 0 Å². The Morgan fingerprint density at radius 1 is 1.19 bits per heavy atom. The van der Waals surface area contributed by atoms with Gasteiger partial charge in [0.1, 0.15) is 0 Å².